The molecule has 3 rings (SSSR count). The molecule has 0 spiro atoms. The Bertz CT molecular complexity index is 755. The van der Waals surface area contributed by atoms with Gasteiger partial charge in [0.1, 0.15) is 5.69 Å². The quantitative estimate of drug-likeness (QED) is 0.793. The smallest absolute Gasteiger partial charge is 0.225 e. The van der Waals surface area contributed by atoms with Gasteiger partial charge in [-0.05, 0) is 39.8 Å². The first-order valence-electron chi connectivity index (χ1n) is 7.24. The highest BCUT2D eigenvalue weighted by molar-refractivity contribution is 5.96. The van der Waals surface area contributed by atoms with Crippen LogP contribution in [0.4, 0.5) is 0 Å². The first-order valence-corrected chi connectivity index (χ1v) is 7.24. The molecular weight excluding hydrogens is 264 g/mol. The Labute approximate surface area is 124 Å². The fourth-order valence-corrected chi connectivity index (χ4v) is 2.33. The van der Waals surface area contributed by atoms with Crippen molar-refractivity contribution in [1.82, 2.24) is 19.7 Å². The summed E-state index contributed by atoms with van der Waals surface area (Å²) in [6.07, 6.45) is 5.99. The van der Waals surface area contributed by atoms with E-state index in [1.807, 2.05) is 19.9 Å². The predicted molar refractivity (Wildman–Crippen MR) is 83.5 cm³/mol. The Morgan fingerprint density at radius 3 is 2.67 bits per heavy atom. The number of nitrogens with one attached hydrogen (secondary N) is 1. The minimum Gasteiger partial charge on any atom is -0.474 e. The van der Waals surface area contributed by atoms with Crippen molar-refractivity contribution in [1.29, 1.82) is 0 Å². The summed E-state index contributed by atoms with van der Waals surface area (Å²) < 4.78 is 7.99. The lowest BCUT2D eigenvalue weighted by atomic mass is 10.1. The highest BCUT2D eigenvalue weighted by Gasteiger charge is 2.16. The number of fused-ring (bicyclic) bond motifs is 1. The minimum absolute atomic E-state index is 0.0751. The van der Waals surface area contributed by atoms with Gasteiger partial charge in [0.2, 0.25) is 5.88 Å². The largest absolute Gasteiger partial charge is 0.474 e. The summed E-state index contributed by atoms with van der Waals surface area (Å²) in [4.78, 5) is 4.36. The number of ether oxygens (including phenoxy) is 1. The van der Waals surface area contributed by atoms with Crippen LogP contribution in [0.2, 0.25) is 0 Å². The van der Waals surface area contributed by atoms with Crippen LogP contribution in [0.3, 0.4) is 0 Å². The monoisotopic (exact) mass is 284 g/mol. The van der Waals surface area contributed by atoms with E-state index in [-0.39, 0.29) is 6.10 Å². The van der Waals surface area contributed by atoms with Gasteiger partial charge in [-0.2, -0.15) is 5.10 Å². The summed E-state index contributed by atoms with van der Waals surface area (Å²) in [5.74, 6) is 0.628. The highest BCUT2D eigenvalue weighted by atomic mass is 16.5. The average Bonchev–Trinajstić information content (AvgIpc) is 3.04. The third-order valence-corrected chi connectivity index (χ3v) is 3.37. The molecule has 3 heterocycles. The third kappa shape index (κ3) is 2.51. The molecule has 3 aromatic heterocycles. The maximum Gasteiger partial charge on any atom is 0.225 e. The average molecular weight is 284 g/mol. The number of pyridine rings is 1. The highest BCUT2D eigenvalue weighted by Crippen LogP contribution is 2.33. The summed E-state index contributed by atoms with van der Waals surface area (Å²) in [7, 11) is 0. The molecule has 1 N–H and O–H groups in total. The van der Waals surface area contributed by atoms with E-state index in [2.05, 4.69) is 52.1 Å². The van der Waals surface area contributed by atoms with Crippen LogP contribution in [0, 0.1) is 0 Å². The lowest BCUT2D eigenvalue weighted by molar-refractivity contribution is 0.236. The first kappa shape index (κ1) is 13.7. The van der Waals surface area contributed by atoms with Crippen molar-refractivity contribution in [3.8, 4) is 17.1 Å². The molecule has 0 saturated carbocycles. The molecule has 0 aliphatic rings. The van der Waals surface area contributed by atoms with Crippen molar-refractivity contribution in [2.24, 2.45) is 0 Å². The van der Waals surface area contributed by atoms with Gasteiger partial charge in [-0.1, -0.05) is 0 Å². The van der Waals surface area contributed by atoms with Crippen LogP contribution in [0.1, 0.15) is 33.7 Å². The Morgan fingerprint density at radius 2 is 2.00 bits per heavy atom. The molecule has 0 unspecified atom stereocenters. The number of hydrogen-bond donors (Lipinski definition) is 1. The molecule has 0 fully saturated rings. The molecule has 0 radical (unpaired) electrons. The SMILES string of the molecule is CC(C)Oc1nccc2[nH]nc(-c3ccn(C(C)C)c3)c12. The Balaban J connectivity index is 2.13. The van der Waals surface area contributed by atoms with Gasteiger partial charge in [0.15, 0.2) is 0 Å². The van der Waals surface area contributed by atoms with Crippen molar-refractivity contribution < 1.29 is 4.74 Å². The molecular formula is C16H20N4O. The van der Waals surface area contributed by atoms with Crippen molar-refractivity contribution in [3.05, 3.63) is 30.7 Å². The molecule has 0 aromatic carbocycles. The van der Waals surface area contributed by atoms with E-state index in [4.69, 9.17) is 4.74 Å². The molecule has 110 valence electrons. The number of aromatic amines is 1. The molecule has 5 nitrogen and oxygen atoms in total. The Morgan fingerprint density at radius 1 is 1.19 bits per heavy atom. The minimum atomic E-state index is 0.0751. The second-order valence-corrected chi connectivity index (χ2v) is 5.72. The van der Waals surface area contributed by atoms with Gasteiger partial charge >= 0.3 is 0 Å². The molecule has 5 heteroatoms. The van der Waals surface area contributed by atoms with E-state index >= 15 is 0 Å². The van der Waals surface area contributed by atoms with Gasteiger partial charge in [0, 0.05) is 30.2 Å². The van der Waals surface area contributed by atoms with Crippen molar-refractivity contribution in [2.75, 3.05) is 0 Å². The lowest BCUT2D eigenvalue weighted by Gasteiger charge is -2.09. The lowest BCUT2D eigenvalue weighted by Crippen LogP contribution is -2.07. The summed E-state index contributed by atoms with van der Waals surface area (Å²) in [6, 6.07) is 4.41. The first-order chi connectivity index (χ1) is 10.1. The topological polar surface area (TPSA) is 55.7 Å². The van der Waals surface area contributed by atoms with E-state index in [9.17, 15) is 0 Å². The maximum absolute atomic E-state index is 5.82. The van der Waals surface area contributed by atoms with Crippen LogP contribution < -0.4 is 4.74 Å². The maximum atomic E-state index is 5.82. The molecule has 21 heavy (non-hydrogen) atoms. The van der Waals surface area contributed by atoms with Crippen LogP contribution in [-0.4, -0.2) is 25.9 Å². The number of nitrogens with zero attached hydrogens (tertiary/aromatic N) is 3. The normalized spacial score (nSPS) is 11.7. The van der Waals surface area contributed by atoms with E-state index in [0.717, 1.165) is 22.2 Å². The van der Waals surface area contributed by atoms with Crippen LogP contribution in [0.25, 0.3) is 22.2 Å². The Hall–Kier alpha value is -2.30. The standard InChI is InChI=1S/C16H20N4O/c1-10(2)20-8-6-12(9-20)15-14-13(18-19-15)5-7-17-16(14)21-11(3)4/h5-11H,1-4H3,(H,18,19). The third-order valence-electron chi connectivity index (χ3n) is 3.37. The van der Waals surface area contributed by atoms with Crippen molar-refractivity contribution in [2.45, 2.75) is 39.8 Å². The van der Waals surface area contributed by atoms with E-state index in [1.54, 1.807) is 6.20 Å². The zero-order valence-corrected chi connectivity index (χ0v) is 12.8. The fraction of sp³-hybridized carbons (Fsp3) is 0.375. The summed E-state index contributed by atoms with van der Waals surface area (Å²) in [5, 5.41) is 8.45. The summed E-state index contributed by atoms with van der Waals surface area (Å²) in [6.45, 7) is 8.30. The molecule has 0 saturated heterocycles. The van der Waals surface area contributed by atoms with Crippen LogP contribution in [0.5, 0.6) is 5.88 Å². The van der Waals surface area contributed by atoms with Crippen LogP contribution in [0.15, 0.2) is 30.7 Å². The van der Waals surface area contributed by atoms with Gasteiger partial charge in [-0.25, -0.2) is 4.98 Å². The fourth-order valence-electron chi connectivity index (χ4n) is 2.33. The van der Waals surface area contributed by atoms with E-state index in [1.165, 1.54) is 0 Å². The molecule has 3 aromatic rings. The van der Waals surface area contributed by atoms with Crippen molar-refractivity contribution in [3.63, 3.8) is 0 Å². The molecule has 0 bridgehead atoms. The number of H-pyrrole nitrogens is 1. The molecule has 0 atom stereocenters. The molecule has 0 aliphatic carbocycles. The van der Waals surface area contributed by atoms with E-state index < -0.39 is 0 Å². The zero-order valence-electron chi connectivity index (χ0n) is 12.8. The van der Waals surface area contributed by atoms with E-state index in [0.29, 0.717) is 11.9 Å². The van der Waals surface area contributed by atoms with Gasteiger partial charge in [-0.3, -0.25) is 5.10 Å². The summed E-state index contributed by atoms with van der Waals surface area (Å²) >= 11 is 0. The van der Waals surface area contributed by atoms with Gasteiger partial charge in [-0.15, -0.1) is 0 Å². The molecule has 0 aliphatic heterocycles. The van der Waals surface area contributed by atoms with Gasteiger partial charge < -0.3 is 9.30 Å². The molecule has 0 amide bonds. The van der Waals surface area contributed by atoms with Gasteiger partial charge in [0.05, 0.1) is 17.0 Å². The second-order valence-electron chi connectivity index (χ2n) is 5.72. The number of hydrogen-bond acceptors (Lipinski definition) is 3. The van der Waals surface area contributed by atoms with Gasteiger partial charge in [0.25, 0.3) is 0 Å². The predicted octanol–water partition coefficient (Wildman–Crippen LogP) is 3.79. The van der Waals surface area contributed by atoms with Crippen LogP contribution >= 0.6 is 0 Å². The van der Waals surface area contributed by atoms with Crippen LogP contribution in [-0.2, 0) is 0 Å². The Kier molecular flexibility index (Phi) is 3.41. The zero-order chi connectivity index (χ0) is 15.0. The second kappa shape index (κ2) is 5.24. The van der Waals surface area contributed by atoms with Crippen molar-refractivity contribution >= 4 is 10.9 Å². The number of rotatable bonds is 4. The number of aromatic nitrogens is 4. The summed E-state index contributed by atoms with van der Waals surface area (Å²) in [5.41, 5.74) is 2.89.